The number of halogens is 1. The zero-order chi connectivity index (χ0) is 11.5. The molecule has 1 aromatic rings. The predicted molar refractivity (Wildman–Crippen MR) is 57.2 cm³/mol. The normalized spacial score (nSPS) is 15.0. The van der Waals surface area contributed by atoms with E-state index in [2.05, 4.69) is 0 Å². The fourth-order valence-corrected chi connectivity index (χ4v) is 1.61. The fraction of sp³-hybridized carbons (Fsp3) is 0.500. The minimum atomic E-state index is -1.06. The highest BCUT2D eigenvalue weighted by atomic mass is 19.1. The van der Waals surface area contributed by atoms with Gasteiger partial charge < -0.3 is 9.84 Å². The summed E-state index contributed by atoms with van der Waals surface area (Å²) in [6, 6.07) is 4.36. The molecule has 3 heteroatoms. The van der Waals surface area contributed by atoms with Crippen molar-refractivity contribution in [1.82, 2.24) is 0 Å². The van der Waals surface area contributed by atoms with E-state index in [0.29, 0.717) is 12.2 Å². The fourth-order valence-electron chi connectivity index (χ4n) is 1.61. The number of benzene rings is 1. The van der Waals surface area contributed by atoms with Crippen LogP contribution in [-0.2, 0) is 10.3 Å². The summed E-state index contributed by atoms with van der Waals surface area (Å²) in [7, 11) is 0. The average Bonchev–Trinajstić information content (AvgIpc) is 2.14. The van der Waals surface area contributed by atoms with E-state index in [1.807, 2.05) is 6.92 Å². The highest BCUT2D eigenvalue weighted by Gasteiger charge is 2.25. The summed E-state index contributed by atoms with van der Waals surface area (Å²) >= 11 is 0. The van der Waals surface area contributed by atoms with Gasteiger partial charge in [0.05, 0.1) is 6.61 Å². The van der Waals surface area contributed by atoms with Crippen LogP contribution in [0.4, 0.5) is 4.39 Å². The van der Waals surface area contributed by atoms with Gasteiger partial charge >= 0.3 is 0 Å². The standard InChI is InChI=1S/C12H17FO2/c1-4-15-8-12(3,14)11-6-5-10(13)7-9(11)2/h5-7,14H,4,8H2,1-3H3. The van der Waals surface area contributed by atoms with Crippen molar-refractivity contribution >= 4 is 0 Å². The van der Waals surface area contributed by atoms with Crippen molar-refractivity contribution in [3.8, 4) is 0 Å². The third-order valence-corrected chi connectivity index (χ3v) is 2.36. The van der Waals surface area contributed by atoms with Gasteiger partial charge in [-0.1, -0.05) is 6.07 Å². The van der Waals surface area contributed by atoms with E-state index in [4.69, 9.17) is 4.74 Å². The Balaban J connectivity index is 2.93. The van der Waals surface area contributed by atoms with Gasteiger partial charge in [-0.15, -0.1) is 0 Å². The van der Waals surface area contributed by atoms with E-state index in [9.17, 15) is 9.50 Å². The second-order valence-electron chi connectivity index (χ2n) is 3.87. The number of rotatable bonds is 4. The van der Waals surface area contributed by atoms with Crippen molar-refractivity contribution in [3.05, 3.63) is 35.1 Å². The van der Waals surface area contributed by atoms with Gasteiger partial charge in [0, 0.05) is 6.61 Å². The molecular weight excluding hydrogens is 195 g/mol. The molecule has 0 aliphatic rings. The first kappa shape index (κ1) is 12.1. The van der Waals surface area contributed by atoms with Crippen LogP contribution in [-0.4, -0.2) is 18.3 Å². The van der Waals surface area contributed by atoms with Crippen LogP contribution in [0.25, 0.3) is 0 Å². The summed E-state index contributed by atoms with van der Waals surface area (Å²) in [5.41, 5.74) is 0.380. The van der Waals surface area contributed by atoms with Crippen LogP contribution in [0.3, 0.4) is 0 Å². The lowest BCUT2D eigenvalue weighted by molar-refractivity contribution is -0.0347. The van der Waals surface area contributed by atoms with Crippen LogP contribution in [0.1, 0.15) is 25.0 Å². The Morgan fingerprint density at radius 1 is 1.47 bits per heavy atom. The van der Waals surface area contributed by atoms with Crippen LogP contribution in [0, 0.1) is 12.7 Å². The summed E-state index contributed by atoms with van der Waals surface area (Å²) < 4.78 is 18.1. The molecule has 1 N–H and O–H groups in total. The topological polar surface area (TPSA) is 29.5 Å². The first-order chi connectivity index (χ1) is 6.97. The van der Waals surface area contributed by atoms with Gasteiger partial charge in [0.2, 0.25) is 0 Å². The molecule has 0 amide bonds. The Kier molecular flexibility index (Phi) is 3.83. The third kappa shape index (κ3) is 3.01. The highest BCUT2D eigenvalue weighted by molar-refractivity contribution is 5.31. The van der Waals surface area contributed by atoms with Crippen LogP contribution in [0.2, 0.25) is 0 Å². The van der Waals surface area contributed by atoms with E-state index in [1.54, 1.807) is 19.9 Å². The van der Waals surface area contributed by atoms with E-state index >= 15 is 0 Å². The molecule has 0 fully saturated rings. The van der Waals surface area contributed by atoms with Crippen LogP contribution in [0.5, 0.6) is 0 Å². The Morgan fingerprint density at radius 3 is 2.67 bits per heavy atom. The molecule has 15 heavy (non-hydrogen) atoms. The molecule has 1 aromatic carbocycles. The van der Waals surface area contributed by atoms with E-state index in [0.717, 1.165) is 5.56 Å². The first-order valence-electron chi connectivity index (χ1n) is 5.04. The summed E-state index contributed by atoms with van der Waals surface area (Å²) in [6.07, 6.45) is 0. The molecule has 0 bridgehead atoms. The van der Waals surface area contributed by atoms with Crippen LogP contribution >= 0.6 is 0 Å². The zero-order valence-electron chi connectivity index (χ0n) is 9.38. The SMILES string of the molecule is CCOCC(C)(O)c1ccc(F)cc1C. The number of hydrogen-bond donors (Lipinski definition) is 1. The van der Waals surface area contributed by atoms with Crippen LogP contribution in [0.15, 0.2) is 18.2 Å². The molecule has 0 spiro atoms. The lowest BCUT2D eigenvalue weighted by Crippen LogP contribution is -2.28. The molecule has 0 aliphatic heterocycles. The zero-order valence-corrected chi connectivity index (χ0v) is 9.38. The first-order valence-corrected chi connectivity index (χ1v) is 5.04. The third-order valence-electron chi connectivity index (χ3n) is 2.36. The summed E-state index contributed by atoms with van der Waals surface area (Å²) in [4.78, 5) is 0. The number of aliphatic hydroxyl groups is 1. The smallest absolute Gasteiger partial charge is 0.123 e. The molecule has 0 saturated carbocycles. The average molecular weight is 212 g/mol. The molecule has 84 valence electrons. The molecular formula is C12H17FO2. The molecule has 1 rings (SSSR count). The number of hydrogen-bond acceptors (Lipinski definition) is 2. The molecule has 0 radical (unpaired) electrons. The summed E-state index contributed by atoms with van der Waals surface area (Å²) in [5.74, 6) is -0.288. The van der Waals surface area contributed by atoms with Gasteiger partial charge in [-0.2, -0.15) is 0 Å². The van der Waals surface area contributed by atoms with Gasteiger partial charge in [0.15, 0.2) is 0 Å². The molecule has 0 aromatic heterocycles. The van der Waals surface area contributed by atoms with Gasteiger partial charge in [0.1, 0.15) is 11.4 Å². The maximum atomic E-state index is 12.9. The van der Waals surface area contributed by atoms with Crippen LogP contribution < -0.4 is 0 Å². The Bertz CT molecular complexity index is 334. The Hall–Kier alpha value is -0.930. The van der Waals surface area contributed by atoms with Gasteiger partial charge in [0.25, 0.3) is 0 Å². The number of ether oxygens (including phenoxy) is 1. The van der Waals surface area contributed by atoms with E-state index in [-0.39, 0.29) is 12.4 Å². The maximum absolute atomic E-state index is 12.9. The van der Waals surface area contributed by atoms with Crippen molar-refractivity contribution < 1.29 is 14.2 Å². The molecule has 1 unspecified atom stereocenters. The monoisotopic (exact) mass is 212 g/mol. The Morgan fingerprint density at radius 2 is 2.13 bits per heavy atom. The quantitative estimate of drug-likeness (QED) is 0.830. The largest absolute Gasteiger partial charge is 0.383 e. The molecule has 2 nitrogen and oxygen atoms in total. The maximum Gasteiger partial charge on any atom is 0.123 e. The summed E-state index contributed by atoms with van der Waals surface area (Å²) in [6.45, 7) is 6.09. The van der Waals surface area contributed by atoms with E-state index < -0.39 is 5.60 Å². The minimum Gasteiger partial charge on any atom is -0.383 e. The Labute approximate surface area is 89.7 Å². The van der Waals surface area contributed by atoms with Crippen molar-refractivity contribution in [1.29, 1.82) is 0 Å². The van der Waals surface area contributed by atoms with Gasteiger partial charge in [-0.05, 0) is 44.0 Å². The van der Waals surface area contributed by atoms with Gasteiger partial charge in [-0.3, -0.25) is 0 Å². The highest BCUT2D eigenvalue weighted by Crippen LogP contribution is 2.24. The van der Waals surface area contributed by atoms with E-state index in [1.165, 1.54) is 12.1 Å². The lowest BCUT2D eigenvalue weighted by atomic mass is 9.93. The second kappa shape index (κ2) is 4.73. The minimum absolute atomic E-state index is 0.218. The van der Waals surface area contributed by atoms with Crippen molar-refractivity contribution in [2.24, 2.45) is 0 Å². The van der Waals surface area contributed by atoms with Crippen molar-refractivity contribution in [3.63, 3.8) is 0 Å². The lowest BCUT2D eigenvalue weighted by Gasteiger charge is -2.25. The molecule has 1 atom stereocenters. The molecule has 0 saturated heterocycles. The number of aryl methyl sites for hydroxylation is 1. The van der Waals surface area contributed by atoms with Crippen molar-refractivity contribution in [2.45, 2.75) is 26.4 Å². The second-order valence-corrected chi connectivity index (χ2v) is 3.87. The molecule has 0 aliphatic carbocycles. The van der Waals surface area contributed by atoms with Crippen molar-refractivity contribution in [2.75, 3.05) is 13.2 Å². The summed E-state index contributed by atoms with van der Waals surface area (Å²) in [5, 5.41) is 10.1. The predicted octanol–water partition coefficient (Wildman–Crippen LogP) is 2.38. The molecule has 0 heterocycles. The van der Waals surface area contributed by atoms with Gasteiger partial charge in [-0.25, -0.2) is 4.39 Å².